The second-order valence-corrected chi connectivity index (χ2v) is 7.03. The van der Waals surface area contributed by atoms with Gasteiger partial charge in [0.05, 0.1) is 0 Å². The number of anilines is 3. The third-order valence-corrected chi connectivity index (χ3v) is 4.42. The number of carbonyl (C=O) groups is 1. The minimum atomic E-state index is -4.56. The molecule has 0 unspecified atom stereocenters. The van der Waals surface area contributed by atoms with Crippen molar-refractivity contribution in [3.05, 3.63) is 41.6 Å². The van der Waals surface area contributed by atoms with Crippen LogP contribution in [0.3, 0.4) is 0 Å². The van der Waals surface area contributed by atoms with E-state index in [0.717, 1.165) is 24.5 Å². The predicted octanol–water partition coefficient (Wildman–Crippen LogP) is 3.82. The predicted molar refractivity (Wildman–Crippen MR) is 100 cm³/mol. The molecule has 0 radical (unpaired) electrons. The standard InChI is InChI=1S/C19H22F3N5O/c1-12(28)27(15-8-9-15)11-13-4-6-14(7-5-13)23-18-24-16(19(20,21)22)10-17(25-18)26(2)3/h4-7,10,15H,8-9,11H2,1-3H3,(H,23,24,25). The summed E-state index contributed by atoms with van der Waals surface area (Å²) in [6.45, 7) is 2.08. The molecule has 6 nitrogen and oxygen atoms in total. The highest BCUT2D eigenvalue weighted by Gasteiger charge is 2.34. The van der Waals surface area contributed by atoms with E-state index in [0.29, 0.717) is 18.3 Å². The van der Waals surface area contributed by atoms with E-state index >= 15 is 0 Å². The first kappa shape index (κ1) is 19.9. The van der Waals surface area contributed by atoms with Crippen LogP contribution < -0.4 is 10.2 Å². The number of aromatic nitrogens is 2. The molecule has 1 heterocycles. The fourth-order valence-electron chi connectivity index (χ4n) is 2.77. The molecule has 1 saturated carbocycles. The molecule has 0 bridgehead atoms. The lowest BCUT2D eigenvalue weighted by atomic mass is 10.2. The highest BCUT2D eigenvalue weighted by Crippen LogP contribution is 2.31. The van der Waals surface area contributed by atoms with Gasteiger partial charge in [-0.25, -0.2) is 4.98 Å². The Kier molecular flexibility index (Phi) is 5.44. The van der Waals surface area contributed by atoms with Gasteiger partial charge in [-0.15, -0.1) is 0 Å². The lowest BCUT2D eigenvalue weighted by Crippen LogP contribution is -2.30. The summed E-state index contributed by atoms with van der Waals surface area (Å²) < 4.78 is 39.3. The Morgan fingerprint density at radius 3 is 2.32 bits per heavy atom. The van der Waals surface area contributed by atoms with Crippen LogP contribution in [0.2, 0.25) is 0 Å². The van der Waals surface area contributed by atoms with E-state index in [-0.39, 0.29) is 17.7 Å². The molecular formula is C19H22F3N5O. The smallest absolute Gasteiger partial charge is 0.363 e. The Bertz CT molecular complexity index is 848. The molecule has 9 heteroatoms. The highest BCUT2D eigenvalue weighted by atomic mass is 19.4. The first-order valence-corrected chi connectivity index (χ1v) is 8.90. The van der Waals surface area contributed by atoms with E-state index in [9.17, 15) is 18.0 Å². The van der Waals surface area contributed by atoms with Crippen LogP contribution in [0.1, 0.15) is 31.0 Å². The SMILES string of the molecule is CC(=O)N(Cc1ccc(Nc2nc(N(C)C)cc(C(F)(F)F)n2)cc1)C1CC1. The van der Waals surface area contributed by atoms with Crippen molar-refractivity contribution in [2.45, 2.75) is 38.5 Å². The van der Waals surface area contributed by atoms with Crippen LogP contribution in [0.15, 0.2) is 30.3 Å². The summed E-state index contributed by atoms with van der Waals surface area (Å²) in [6, 6.07) is 8.36. The Labute approximate surface area is 161 Å². The molecule has 1 fully saturated rings. The van der Waals surface area contributed by atoms with Crippen molar-refractivity contribution in [1.82, 2.24) is 14.9 Å². The summed E-state index contributed by atoms with van der Waals surface area (Å²) in [5, 5.41) is 2.82. The average molecular weight is 393 g/mol. The summed E-state index contributed by atoms with van der Waals surface area (Å²) in [7, 11) is 3.23. The molecule has 150 valence electrons. The van der Waals surface area contributed by atoms with Crippen LogP contribution >= 0.6 is 0 Å². The molecule has 0 saturated heterocycles. The molecule has 0 spiro atoms. The molecule has 1 N–H and O–H groups in total. The molecule has 1 aromatic carbocycles. The number of amides is 1. The van der Waals surface area contributed by atoms with Crippen LogP contribution in [-0.4, -0.2) is 40.9 Å². The van der Waals surface area contributed by atoms with E-state index in [1.807, 2.05) is 17.0 Å². The number of hydrogen-bond donors (Lipinski definition) is 1. The highest BCUT2D eigenvalue weighted by molar-refractivity contribution is 5.74. The second kappa shape index (κ2) is 7.65. The van der Waals surface area contributed by atoms with Gasteiger partial charge in [0.15, 0.2) is 5.69 Å². The van der Waals surface area contributed by atoms with E-state index in [2.05, 4.69) is 15.3 Å². The maximum Gasteiger partial charge on any atom is 0.433 e. The molecular weight excluding hydrogens is 371 g/mol. The van der Waals surface area contributed by atoms with Crippen LogP contribution in [0.4, 0.5) is 30.6 Å². The molecule has 0 atom stereocenters. The van der Waals surface area contributed by atoms with Crippen molar-refractivity contribution in [2.75, 3.05) is 24.3 Å². The number of alkyl halides is 3. The molecule has 1 aliphatic carbocycles. The van der Waals surface area contributed by atoms with E-state index in [4.69, 9.17) is 0 Å². The number of benzene rings is 1. The topological polar surface area (TPSA) is 61.4 Å². The zero-order valence-electron chi connectivity index (χ0n) is 15.9. The monoisotopic (exact) mass is 393 g/mol. The quantitative estimate of drug-likeness (QED) is 0.809. The summed E-state index contributed by atoms with van der Waals surface area (Å²) in [4.78, 5) is 22.8. The minimum absolute atomic E-state index is 0.0401. The second-order valence-electron chi connectivity index (χ2n) is 7.03. The molecule has 2 aromatic rings. The molecule has 1 amide bonds. The number of nitrogens with one attached hydrogen (secondary N) is 1. The number of halogens is 3. The van der Waals surface area contributed by atoms with E-state index in [1.54, 1.807) is 33.2 Å². The Balaban J connectivity index is 1.76. The zero-order valence-corrected chi connectivity index (χ0v) is 15.9. The fourth-order valence-corrected chi connectivity index (χ4v) is 2.77. The van der Waals surface area contributed by atoms with Gasteiger partial charge in [0.1, 0.15) is 5.82 Å². The van der Waals surface area contributed by atoms with Gasteiger partial charge in [-0.1, -0.05) is 12.1 Å². The van der Waals surface area contributed by atoms with Gasteiger partial charge in [-0.2, -0.15) is 18.2 Å². The van der Waals surface area contributed by atoms with Crippen LogP contribution in [0.5, 0.6) is 0 Å². The van der Waals surface area contributed by atoms with Crippen molar-refractivity contribution in [3.63, 3.8) is 0 Å². The minimum Gasteiger partial charge on any atom is -0.363 e. The number of nitrogens with zero attached hydrogens (tertiary/aromatic N) is 4. The lowest BCUT2D eigenvalue weighted by Gasteiger charge is -2.20. The van der Waals surface area contributed by atoms with Gasteiger partial charge in [0.25, 0.3) is 0 Å². The van der Waals surface area contributed by atoms with Gasteiger partial charge < -0.3 is 15.1 Å². The van der Waals surface area contributed by atoms with Crippen molar-refractivity contribution in [3.8, 4) is 0 Å². The molecule has 1 aliphatic rings. The van der Waals surface area contributed by atoms with Gasteiger partial charge >= 0.3 is 6.18 Å². The van der Waals surface area contributed by atoms with Crippen molar-refractivity contribution in [2.24, 2.45) is 0 Å². The van der Waals surface area contributed by atoms with Crippen LogP contribution in [0.25, 0.3) is 0 Å². The van der Waals surface area contributed by atoms with Crippen molar-refractivity contribution < 1.29 is 18.0 Å². The maximum atomic E-state index is 13.1. The molecule has 1 aromatic heterocycles. The Morgan fingerprint density at radius 1 is 1.18 bits per heavy atom. The fraction of sp³-hybridized carbons (Fsp3) is 0.421. The van der Waals surface area contributed by atoms with Crippen molar-refractivity contribution in [1.29, 1.82) is 0 Å². The lowest BCUT2D eigenvalue weighted by molar-refractivity contribution is -0.141. The summed E-state index contributed by atoms with van der Waals surface area (Å²) >= 11 is 0. The van der Waals surface area contributed by atoms with Gasteiger partial charge in [0.2, 0.25) is 11.9 Å². The summed E-state index contributed by atoms with van der Waals surface area (Å²) in [6.07, 6.45) is -2.51. The Morgan fingerprint density at radius 2 is 1.82 bits per heavy atom. The average Bonchev–Trinajstić information content (AvgIpc) is 3.44. The first-order valence-electron chi connectivity index (χ1n) is 8.90. The van der Waals surface area contributed by atoms with Crippen LogP contribution in [0, 0.1) is 0 Å². The zero-order chi connectivity index (χ0) is 20.5. The molecule has 3 rings (SSSR count). The van der Waals surface area contributed by atoms with Gasteiger partial charge in [0, 0.05) is 45.4 Å². The largest absolute Gasteiger partial charge is 0.433 e. The Hall–Kier alpha value is -2.84. The molecule has 28 heavy (non-hydrogen) atoms. The van der Waals surface area contributed by atoms with Crippen molar-refractivity contribution >= 4 is 23.4 Å². The van der Waals surface area contributed by atoms with E-state index < -0.39 is 11.9 Å². The normalized spacial score (nSPS) is 13.9. The number of carbonyl (C=O) groups excluding carboxylic acids is 1. The van der Waals surface area contributed by atoms with E-state index in [1.165, 1.54) is 4.90 Å². The third kappa shape index (κ3) is 4.90. The number of rotatable bonds is 6. The van der Waals surface area contributed by atoms with Gasteiger partial charge in [-0.3, -0.25) is 4.79 Å². The number of hydrogen-bond acceptors (Lipinski definition) is 5. The summed E-state index contributed by atoms with van der Waals surface area (Å²) in [5.41, 5.74) is 0.507. The third-order valence-electron chi connectivity index (χ3n) is 4.42. The summed E-state index contributed by atoms with van der Waals surface area (Å²) in [5.74, 6) is 0.0656. The maximum absolute atomic E-state index is 13.1. The van der Waals surface area contributed by atoms with Crippen LogP contribution in [-0.2, 0) is 17.5 Å². The molecule has 0 aliphatic heterocycles. The van der Waals surface area contributed by atoms with Gasteiger partial charge in [-0.05, 0) is 30.5 Å². The first-order chi connectivity index (χ1) is 13.1.